The molecule has 0 saturated heterocycles. The van der Waals surface area contributed by atoms with Crippen molar-refractivity contribution in [3.8, 4) is 0 Å². The Kier molecular flexibility index (Phi) is 12.2. The molecule has 0 bridgehead atoms. The summed E-state index contributed by atoms with van der Waals surface area (Å²) in [5, 5.41) is 2.75. The van der Waals surface area contributed by atoms with Crippen LogP contribution >= 0.6 is 0 Å². The van der Waals surface area contributed by atoms with E-state index >= 15 is 0 Å². The number of rotatable bonds is 13. The van der Waals surface area contributed by atoms with Crippen molar-refractivity contribution < 1.29 is 19.0 Å². The predicted octanol–water partition coefficient (Wildman–Crippen LogP) is 1.20. The van der Waals surface area contributed by atoms with E-state index < -0.39 is 0 Å². The molecule has 1 amide bonds. The number of hydrogen-bond donors (Lipinski definition) is 2. The molecule has 0 rings (SSSR count). The first-order valence-corrected chi connectivity index (χ1v) is 7.43. The molecule has 0 saturated carbocycles. The van der Waals surface area contributed by atoms with Crippen LogP contribution in [0.15, 0.2) is 12.2 Å². The quantitative estimate of drug-likeness (QED) is 0.303. The normalized spacial score (nSPS) is 13.7. The summed E-state index contributed by atoms with van der Waals surface area (Å²) in [5.41, 5.74) is 5.95. The molecule has 6 heteroatoms. The molecular weight excluding hydrogens is 272 g/mol. The molecule has 2 unspecified atom stereocenters. The second-order valence-corrected chi connectivity index (χ2v) is 5.07. The second-order valence-electron chi connectivity index (χ2n) is 5.07. The van der Waals surface area contributed by atoms with Crippen molar-refractivity contribution in [3.63, 3.8) is 0 Å². The topological polar surface area (TPSA) is 82.8 Å². The van der Waals surface area contributed by atoms with Crippen molar-refractivity contribution in [2.75, 3.05) is 33.0 Å². The fourth-order valence-corrected chi connectivity index (χ4v) is 1.42. The van der Waals surface area contributed by atoms with Crippen molar-refractivity contribution in [1.82, 2.24) is 5.32 Å². The highest BCUT2D eigenvalue weighted by molar-refractivity contribution is 5.92. The third kappa shape index (κ3) is 13.8. The Morgan fingerprint density at radius 1 is 1.14 bits per heavy atom. The minimum Gasteiger partial charge on any atom is -0.381 e. The molecule has 0 aromatic rings. The van der Waals surface area contributed by atoms with Gasteiger partial charge in [-0.1, -0.05) is 6.58 Å². The van der Waals surface area contributed by atoms with Gasteiger partial charge in [0.2, 0.25) is 5.91 Å². The van der Waals surface area contributed by atoms with E-state index in [-0.39, 0.29) is 18.2 Å². The average molecular weight is 302 g/mol. The van der Waals surface area contributed by atoms with E-state index in [1.807, 2.05) is 6.92 Å². The van der Waals surface area contributed by atoms with Crippen molar-refractivity contribution in [2.45, 2.75) is 45.9 Å². The zero-order valence-electron chi connectivity index (χ0n) is 13.5. The van der Waals surface area contributed by atoms with E-state index in [0.717, 1.165) is 12.8 Å². The molecule has 124 valence electrons. The lowest BCUT2D eigenvalue weighted by Crippen LogP contribution is -2.32. The molecule has 0 aliphatic rings. The number of hydrogen-bond acceptors (Lipinski definition) is 5. The number of nitrogens with two attached hydrogens (primary N) is 1. The first-order chi connectivity index (χ1) is 9.93. The molecule has 2 atom stereocenters. The number of nitrogens with one attached hydrogen (secondary N) is 1. The summed E-state index contributed by atoms with van der Waals surface area (Å²) in [7, 11) is 0. The summed E-state index contributed by atoms with van der Waals surface area (Å²) >= 11 is 0. The van der Waals surface area contributed by atoms with Gasteiger partial charge in [0, 0.05) is 31.9 Å². The average Bonchev–Trinajstić information content (AvgIpc) is 2.42. The molecule has 0 spiro atoms. The molecule has 0 aromatic carbocycles. The standard InChI is InChI=1S/C15H30N2O4/c1-12(2)15(18)17-11-13(3)20-9-5-7-19-8-6-10-21-14(4)16/h13-14H,1,5-11,16H2,2-4H3,(H,17,18). The summed E-state index contributed by atoms with van der Waals surface area (Å²) in [6, 6.07) is 0. The van der Waals surface area contributed by atoms with Crippen molar-refractivity contribution >= 4 is 5.91 Å². The predicted molar refractivity (Wildman–Crippen MR) is 82.9 cm³/mol. The minimum absolute atomic E-state index is 0.0206. The maximum absolute atomic E-state index is 11.3. The van der Waals surface area contributed by atoms with Gasteiger partial charge in [0.1, 0.15) is 6.23 Å². The third-order valence-corrected chi connectivity index (χ3v) is 2.59. The highest BCUT2D eigenvalue weighted by atomic mass is 16.5. The highest BCUT2D eigenvalue weighted by Gasteiger charge is 2.05. The Labute approximate surface area is 128 Å². The van der Waals surface area contributed by atoms with Crippen LogP contribution in [0.25, 0.3) is 0 Å². The fraction of sp³-hybridized carbons (Fsp3) is 0.800. The first kappa shape index (κ1) is 20.1. The Morgan fingerprint density at radius 3 is 2.24 bits per heavy atom. The van der Waals surface area contributed by atoms with E-state index in [2.05, 4.69) is 11.9 Å². The number of amides is 1. The molecule has 0 aliphatic heterocycles. The Morgan fingerprint density at radius 2 is 1.71 bits per heavy atom. The van der Waals surface area contributed by atoms with Crippen LogP contribution in [0.4, 0.5) is 0 Å². The van der Waals surface area contributed by atoms with Crippen molar-refractivity contribution in [2.24, 2.45) is 5.73 Å². The smallest absolute Gasteiger partial charge is 0.246 e. The van der Waals surface area contributed by atoms with Gasteiger partial charge >= 0.3 is 0 Å². The molecule has 3 N–H and O–H groups in total. The van der Waals surface area contributed by atoms with Crippen LogP contribution < -0.4 is 11.1 Å². The molecule has 21 heavy (non-hydrogen) atoms. The van der Waals surface area contributed by atoms with Gasteiger partial charge in [-0.25, -0.2) is 0 Å². The Hall–Kier alpha value is -0.950. The van der Waals surface area contributed by atoms with Crippen molar-refractivity contribution in [1.29, 1.82) is 0 Å². The second kappa shape index (κ2) is 12.8. The monoisotopic (exact) mass is 302 g/mol. The van der Waals surface area contributed by atoms with Gasteiger partial charge < -0.3 is 25.3 Å². The van der Waals surface area contributed by atoms with Crippen LogP contribution in [0.3, 0.4) is 0 Å². The fourth-order valence-electron chi connectivity index (χ4n) is 1.42. The van der Waals surface area contributed by atoms with Gasteiger partial charge in [-0.15, -0.1) is 0 Å². The molecule has 0 heterocycles. The van der Waals surface area contributed by atoms with Crippen LogP contribution in [-0.4, -0.2) is 51.2 Å². The lowest BCUT2D eigenvalue weighted by atomic mass is 10.3. The van der Waals surface area contributed by atoms with Gasteiger partial charge in [-0.05, 0) is 33.6 Å². The molecule has 6 nitrogen and oxygen atoms in total. The van der Waals surface area contributed by atoms with E-state index in [4.69, 9.17) is 19.9 Å². The molecule has 0 fully saturated rings. The van der Waals surface area contributed by atoms with Crippen LogP contribution in [0.1, 0.15) is 33.6 Å². The third-order valence-electron chi connectivity index (χ3n) is 2.59. The van der Waals surface area contributed by atoms with Crippen LogP contribution in [0, 0.1) is 0 Å². The summed E-state index contributed by atoms with van der Waals surface area (Å²) < 4.78 is 16.2. The van der Waals surface area contributed by atoms with Crippen molar-refractivity contribution in [3.05, 3.63) is 12.2 Å². The zero-order chi connectivity index (χ0) is 16.1. The van der Waals surface area contributed by atoms with Crippen LogP contribution in [-0.2, 0) is 19.0 Å². The first-order valence-electron chi connectivity index (χ1n) is 7.43. The maximum Gasteiger partial charge on any atom is 0.246 e. The highest BCUT2D eigenvalue weighted by Crippen LogP contribution is 1.95. The Bertz CT molecular complexity index is 295. The molecule has 0 aliphatic carbocycles. The van der Waals surface area contributed by atoms with E-state index in [9.17, 15) is 4.79 Å². The van der Waals surface area contributed by atoms with Crippen LogP contribution in [0.5, 0.6) is 0 Å². The van der Waals surface area contributed by atoms with Gasteiger partial charge in [-0.2, -0.15) is 0 Å². The summed E-state index contributed by atoms with van der Waals surface area (Å²) in [5.74, 6) is -0.136. The zero-order valence-corrected chi connectivity index (χ0v) is 13.5. The summed E-state index contributed by atoms with van der Waals surface area (Å²) in [6.45, 7) is 12.0. The van der Waals surface area contributed by atoms with Gasteiger partial charge in [-0.3, -0.25) is 4.79 Å². The minimum atomic E-state index is -0.217. The van der Waals surface area contributed by atoms with Gasteiger partial charge in [0.05, 0.1) is 12.7 Å². The molecule has 0 aromatic heterocycles. The number of carbonyl (C=O) groups is 1. The largest absolute Gasteiger partial charge is 0.381 e. The number of ether oxygens (including phenoxy) is 3. The van der Waals surface area contributed by atoms with E-state index in [1.165, 1.54) is 0 Å². The summed E-state index contributed by atoms with van der Waals surface area (Å²) in [4.78, 5) is 11.3. The SMILES string of the molecule is C=C(C)C(=O)NCC(C)OCCCOCCCOC(C)N. The lowest BCUT2D eigenvalue weighted by molar-refractivity contribution is -0.118. The van der Waals surface area contributed by atoms with Gasteiger partial charge in [0.25, 0.3) is 0 Å². The van der Waals surface area contributed by atoms with Gasteiger partial charge in [0.15, 0.2) is 0 Å². The molecular formula is C15H30N2O4. The van der Waals surface area contributed by atoms with Crippen LogP contribution in [0.2, 0.25) is 0 Å². The van der Waals surface area contributed by atoms with E-state index in [1.54, 1.807) is 13.8 Å². The number of carbonyl (C=O) groups excluding carboxylic acids is 1. The van der Waals surface area contributed by atoms with E-state index in [0.29, 0.717) is 38.5 Å². The lowest BCUT2D eigenvalue weighted by Gasteiger charge is -2.14. The maximum atomic E-state index is 11.3. The molecule has 0 radical (unpaired) electrons. The summed E-state index contributed by atoms with van der Waals surface area (Å²) in [6.07, 6.45) is 1.43. The Balaban J connectivity index is 3.30.